The molecule has 2 heterocycles. The Balaban J connectivity index is 1.51. The van der Waals surface area contributed by atoms with E-state index < -0.39 is 5.97 Å². The summed E-state index contributed by atoms with van der Waals surface area (Å²) in [5, 5.41) is 9.91. The van der Waals surface area contributed by atoms with Crippen LogP contribution in [0.1, 0.15) is 33.3 Å². The van der Waals surface area contributed by atoms with Crippen molar-refractivity contribution in [1.82, 2.24) is 9.78 Å². The van der Waals surface area contributed by atoms with Crippen LogP contribution < -0.4 is 15.4 Å². The summed E-state index contributed by atoms with van der Waals surface area (Å²) in [6.07, 6.45) is 1.45. The zero-order valence-corrected chi connectivity index (χ0v) is 18.0. The van der Waals surface area contributed by atoms with Crippen molar-refractivity contribution in [3.05, 3.63) is 64.4 Å². The fraction of sp³-hybridized carbons (Fsp3) is 0.182. The van der Waals surface area contributed by atoms with Crippen LogP contribution in [0.15, 0.2) is 42.6 Å². The number of carbonyl (C=O) groups excluding carboxylic acids is 3. The average molecular weight is 455 g/mol. The SMILES string of the molecule is CCOC(=O)c1cnn(-c2ccc(C(=O)Nc3cc4c(cc3Cl)NC(=O)CO4)cc2)c1C. The van der Waals surface area contributed by atoms with E-state index in [-0.39, 0.29) is 30.1 Å². The van der Waals surface area contributed by atoms with Gasteiger partial charge in [-0.25, -0.2) is 9.48 Å². The molecule has 1 aliphatic rings. The molecule has 0 saturated carbocycles. The molecule has 1 aliphatic heterocycles. The second-order valence-electron chi connectivity index (χ2n) is 6.94. The Hall–Kier alpha value is -3.85. The lowest BCUT2D eigenvalue weighted by Gasteiger charge is -2.19. The van der Waals surface area contributed by atoms with Gasteiger partial charge in [0.05, 0.1) is 40.6 Å². The van der Waals surface area contributed by atoms with Crippen molar-refractivity contribution in [2.75, 3.05) is 23.8 Å². The van der Waals surface area contributed by atoms with E-state index in [1.165, 1.54) is 12.3 Å². The van der Waals surface area contributed by atoms with Gasteiger partial charge >= 0.3 is 5.97 Å². The number of aromatic nitrogens is 2. The number of ether oxygens (including phenoxy) is 2. The molecule has 2 N–H and O–H groups in total. The molecule has 3 aromatic rings. The molecule has 2 amide bonds. The second-order valence-corrected chi connectivity index (χ2v) is 7.35. The van der Waals surface area contributed by atoms with Gasteiger partial charge in [0, 0.05) is 11.6 Å². The first-order valence-electron chi connectivity index (χ1n) is 9.77. The molecule has 32 heavy (non-hydrogen) atoms. The van der Waals surface area contributed by atoms with Crippen LogP contribution in [-0.2, 0) is 9.53 Å². The number of hydrogen-bond donors (Lipinski definition) is 2. The zero-order chi connectivity index (χ0) is 22.8. The van der Waals surface area contributed by atoms with E-state index in [0.29, 0.717) is 39.6 Å². The standard InChI is InChI=1S/C22H19ClN4O5/c1-3-31-22(30)15-10-24-27(12(15)2)14-6-4-13(5-7-14)21(29)26-17-9-19-18(8-16(17)23)25-20(28)11-32-19/h4-10H,3,11H2,1-2H3,(H,25,28)(H,26,29). The fourth-order valence-corrected chi connectivity index (χ4v) is 3.43. The zero-order valence-electron chi connectivity index (χ0n) is 17.3. The Morgan fingerprint density at radius 2 is 2.03 bits per heavy atom. The molecule has 0 saturated heterocycles. The molecule has 0 unspecified atom stereocenters. The van der Waals surface area contributed by atoms with Crippen LogP contribution >= 0.6 is 11.6 Å². The van der Waals surface area contributed by atoms with Crippen LogP contribution in [0.4, 0.5) is 11.4 Å². The maximum atomic E-state index is 12.7. The highest BCUT2D eigenvalue weighted by molar-refractivity contribution is 6.34. The van der Waals surface area contributed by atoms with Crippen LogP contribution in [0.2, 0.25) is 5.02 Å². The van der Waals surface area contributed by atoms with Crippen molar-refractivity contribution in [3.8, 4) is 11.4 Å². The van der Waals surface area contributed by atoms with E-state index in [2.05, 4.69) is 15.7 Å². The minimum atomic E-state index is -0.433. The van der Waals surface area contributed by atoms with Crippen molar-refractivity contribution < 1.29 is 23.9 Å². The Morgan fingerprint density at radius 1 is 1.28 bits per heavy atom. The van der Waals surface area contributed by atoms with Gasteiger partial charge in [-0.1, -0.05) is 11.6 Å². The summed E-state index contributed by atoms with van der Waals surface area (Å²) >= 11 is 6.24. The number of halogens is 1. The number of esters is 1. The van der Waals surface area contributed by atoms with Crippen molar-refractivity contribution in [2.45, 2.75) is 13.8 Å². The predicted octanol–water partition coefficient (Wildman–Crippen LogP) is 3.59. The lowest BCUT2D eigenvalue weighted by atomic mass is 10.1. The maximum Gasteiger partial charge on any atom is 0.341 e. The fourth-order valence-electron chi connectivity index (χ4n) is 3.22. The number of carbonyl (C=O) groups is 3. The third-order valence-electron chi connectivity index (χ3n) is 4.83. The molecular weight excluding hydrogens is 436 g/mol. The highest BCUT2D eigenvalue weighted by Crippen LogP contribution is 2.36. The molecule has 2 aromatic carbocycles. The van der Waals surface area contributed by atoms with Crippen molar-refractivity contribution in [1.29, 1.82) is 0 Å². The van der Waals surface area contributed by atoms with Crippen LogP contribution in [0.25, 0.3) is 5.69 Å². The van der Waals surface area contributed by atoms with Crippen LogP contribution in [0.5, 0.6) is 5.75 Å². The van der Waals surface area contributed by atoms with Gasteiger partial charge in [-0.05, 0) is 44.2 Å². The first-order chi connectivity index (χ1) is 15.4. The van der Waals surface area contributed by atoms with Crippen LogP contribution in [-0.4, -0.2) is 40.8 Å². The maximum absolute atomic E-state index is 12.7. The summed E-state index contributed by atoms with van der Waals surface area (Å²) in [6, 6.07) is 9.80. The minimum Gasteiger partial charge on any atom is -0.482 e. The number of fused-ring (bicyclic) bond motifs is 1. The Labute approximate surface area is 188 Å². The lowest BCUT2D eigenvalue weighted by Crippen LogP contribution is -2.25. The van der Waals surface area contributed by atoms with E-state index in [1.807, 2.05) is 0 Å². The normalized spacial score (nSPS) is 12.4. The molecular formula is C22H19ClN4O5. The average Bonchev–Trinajstić information content (AvgIpc) is 3.16. The molecule has 4 rings (SSSR count). The molecule has 164 valence electrons. The van der Waals surface area contributed by atoms with Gasteiger partial charge in [0.15, 0.2) is 6.61 Å². The van der Waals surface area contributed by atoms with E-state index >= 15 is 0 Å². The summed E-state index contributed by atoms with van der Waals surface area (Å²) in [5.74, 6) is -0.654. The number of nitrogens with one attached hydrogen (secondary N) is 2. The number of anilines is 2. The van der Waals surface area contributed by atoms with E-state index in [0.717, 1.165) is 0 Å². The number of hydrogen-bond acceptors (Lipinski definition) is 6. The Bertz CT molecular complexity index is 1220. The number of amides is 2. The highest BCUT2D eigenvalue weighted by atomic mass is 35.5. The topological polar surface area (TPSA) is 112 Å². The smallest absolute Gasteiger partial charge is 0.341 e. The van der Waals surface area contributed by atoms with Gasteiger partial charge in [-0.3, -0.25) is 9.59 Å². The molecule has 0 atom stereocenters. The van der Waals surface area contributed by atoms with Gasteiger partial charge in [-0.2, -0.15) is 5.10 Å². The predicted molar refractivity (Wildman–Crippen MR) is 118 cm³/mol. The molecule has 0 bridgehead atoms. The summed E-state index contributed by atoms with van der Waals surface area (Å²) in [4.78, 5) is 36.1. The van der Waals surface area contributed by atoms with Gasteiger partial charge in [-0.15, -0.1) is 0 Å². The first kappa shape index (κ1) is 21.4. The summed E-state index contributed by atoms with van der Waals surface area (Å²) < 4.78 is 12.0. The molecule has 0 aliphatic carbocycles. The Morgan fingerprint density at radius 3 is 2.75 bits per heavy atom. The number of rotatable bonds is 5. The molecule has 9 nitrogen and oxygen atoms in total. The molecule has 10 heteroatoms. The lowest BCUT2D eigenvalue weighted by molar-refractivity contribution is -0.118. The molecule has 0 radical (unpaired) electrons. The minimum absolute atomic E-state index is 0.103. The quantitative estimate of drug-likeness (QED) is 0.570. The van der Waals surface area contributed by atoms with Gasteiger partial charge in [0.2, 0.25) is 0 Å². The van der Waals surface area contributed by atoms with Crippen molar-refractivity contribution in [2.24, 2.45) is 0 Å². The van der Waals surface area contributed by atoms with Crippen LogP contribution in [0, 0.1) is 6.92 Å². The highest BCUT2D eigenvalue weighted by Gasteiger charge is 2.20. The Kier molecular flexibility index (Phi) is 5.83. The third kappa shape index (κ3) is 4.15. The van der Waals surface area contributed by atoms with Gasteiger partial charge in [0.1, 0.15) is 11.3 Å². The summed E-state index contributed by atoms with van der Waals surface area (Å²) in [7, 11) is 0. The second kappa shape index (κ2) is 8.72. The molecule has 0 fully saturated rings. The monoisotopic (exact) mass is 454 g/mol. The summed E-state index contributed by atoms with van der Waals surface area (Å²) in [6.45, 7) is 3.68. The third-order valence-corrected chi connectivity index (χ3v) is 5.14. The van der Waals surface area contributed by atoms with E-state index in [1.54, 1.807) is 48.9 Å². The van der Waals surface area contributed by atoms with E-state index in [4.69, 9.17) is 21.1 Å². The molecule has 1 aromatic heterocycles. The largest absolute Gasteiger partial charge is 0.482 e. The first-order valence-corrected chi connectivity index (χ1v) is 10.1. The van der Waals surface area contributed by atoms with E-state index in [9.17, 15) is 14.4 Å². The van der Waals surface area contributed by atoms with Crippen molar-refractivity contribution >= 4 is 40.8 Å². The van der Waals surface area contributed by atoms with Crippen molar-refractivity contribution in [3.63, 3.8) is 0 Å². The van der Waals surface area contributed by atoms with Gasteiger partial charge < -0.3 is 20.1 Å². The number of nitrogens with zero attached hydrogens (tertiary/aromatic N) is 2. The van der Waals surface area contributed by atoms with Gasteiger partial charge in [0.25, 0.3) is 11.8 Å². The van der Waals surface area contributed by atoms with Crippen LogP contribution in [0.3, 0.4) is 0 Å². The number of benzene rings is 2. The molecule has 0 spiro atoms. The summed E-state index contributed by atoms with van der Waals surface area (Å²) in [5.41, 5.74) is 2.91.